The summed E-state index contributed by atoms with van der Waals surface area (Å²) in [5, 5.41) is 11.8. The molecule has 0 amide bonds. The molecule has 0 atom stereocenters. The largest absolute Gasteiger partial charge is 0.298 e. The summed E-state index contributed by atoms with van der Waals surface area (Å²) >= 11 is 12.0. The van der Waals surface area contributed by atoms with Crippen LogP contribution in [0.5, 0.6) is 0 Å². The van der Waals surface area contributed by atoms with Gasteiger partial charge in [-0.15, -0.1) is 0 Å². The highest BCUT2D eigenvalue weighted by Crippen LogP contribution is 2.26. The Labute approximate surface area is 166 Å². The van der Waals surface area contributed by atoms with Crippen molar-refractivity contribution in [1.82, 2.24) is 4.90 Å². The van der Waals surface area contributed by atoms with E-state index >= 15 is 0 Å². The smallest absolute Gasteiger partial charge is 0.270 e. The van der Waals surface area contributed by atoms with E-state index in [1.54, 1.807) is 42.5 Å². The van der Waals surface area contributed by atoms with Gasteiger partial charge in [0, 0.05) is 36.4 Å². The molecule has 5 nitrogen and oxygen atoms in total. The molecule has 0 aromatic heterocycles. The predicted octanol–water partition coefficient (Wildman–Crippen LogP) is 4.88. The quantitative estimate of drug-likeness (QED) is 0.416. The Hall–Kier alpha value is -2.47. The number of hydrogen-bond donors (Lipinski definition) is 0. The molecule has 2 aromatic carbocycles. The number of carbonyl (C=O) groups excluding carboxylic acids is 1. The van der Waals surface area contributed by atoms with Gasteiger partial charge in [0.1, 0.15) is 0 Å². The van der Waals surface area contributed by atoms with Crippen molar-refractivity contribution in [3.8, 4) is 0 Å². The molecule has 0 saturated carbocycles. The van der Waals surface area contributed by atoms with E-state index in [2.05, 4.69) is 0 Å². The number of nitrogens with zero attached hydrogens (tertiary/aromatic N) is 2. The maximum atomic E-state index is 12.9. The highest BCUT2D eigenvalue weighted by atomic mass is 35.5. The van der Waals surface area contributed by atoms with Gasteiger partial charge in [-0.05, 0) is 42.5 Å². The molecule has 27 heavy (non-hydrogen) atoms. The lowest BCUT2D eigenvalue weighted by Gasteiger charge is -2.26. The van der Waals surface area contributed by atoms with Gasteiger partial charge >= 0.3 is 0 Å². The molecule has 138 valence electrons. The van der Waals surface area contributed by atoms with Crippen molar-refractivity contribution in [3.63, 3.8) is 0 Å². The molecular weight excluding hydrogens is 387 g/mol. The molecule has 1 saturated heterocycles. The first-order valence-electron chi connectivity index (χ1n) is 8.17. The third-order valence-electron chi connectivity index (χ3n) is 4.17. The molecule has 1 heterocycles. The summed E-state index contributed by atoms with van der Waals surface area (Å²) in [5.41, 5.74) is 2.61. The summed E-state index contributed by atoms with van der Waals surface area (Å²) in [7, 11) is 1.91. The molecule has 7 heteroatoms. The van der Waals surface area contributed by atoms with Crippen LogP contribution in [0.2, 0.25) is 10.0 Å². The Morgan fingerprint density at radius 1 is 1.00 bits per heavy atom. The van der Waals surface area contributed by atoms with Crippen LogP contribution in [0.25, 0.3) is 12.2 Å². The number of likely N-dealkylation sites (N-methyl/N-ethyl adjacent to an activating group) is 1. The lowest BCUT2D eigenvalue weighted by molar-refractivity contribution is -0.384. The maximum Gasteiger partial charge on any atom is 0.270 e. The van der Waals surface area contributed by atoms with Gasteiger partial charge in [-0.25, -0.2) is 0 Å². The fourth-order valence-corrected chi connectivity index (χ4v) is 3.25. The van der Waals surface area contributed by atoms with Gasteiger partial charge in [0.25, 0.3) is 5.69 Å². The van der Waals surface area contributed by atoms with Crippen LogP contribution in [0.15, 0.2) is 53.6 Å². The van der Waals surface area contributed by atoms with Crippen LogP contribution in [0, 0.1) is 10.1 Å². The first-order chi connectivity index (χ1) is 12.8. The average Bonchev–Trinajstić information content (AvgIpc) is 2.62. The molecule has 1 aliphatic heterocycles. The Balaban J connectivity index is 1.94. The topological polar surface area (TPSA) is 63.4 Å². The molecule has 3 rings (SSSR count). The number of carbonyl (C=O) groups is 1. The van der Waals surface area contributed by atoms with Crippen LogP contribution < -0.4 is 0 Å². The number of nitro groups is 1. The number of benzene rings is 2. The fraction of sp³-hybridized carbons (Fsp3) is 0.150. The van der Waals surface area contributed by atoms with E-state index in [-0.39, 0.29) is 11.5 Å². The fourth-order valence-electron chi connectivity index (χ4n) is 2.94. The van der Waals surface area contributed by atoms with Crippen molar-refractivity contribution in [2.75, 3.05) is 20.1 Å². The summed E-state index contributed by atoms with van der Waals surface area (Å²) in [4.78, 5) is 25.4. The monoisotopic (exact) mass is 402 g/mol. The summed E-state index contributed by atoms with van der Waals surface area (Å²) in [6.45, 7) is 0.978. The van der Waals surface area contributed by atoms with Crippen molar-refractivity contribution in [1.29, 1.82) is 0 Å². The third-order valence-corrected chi connectivity index (χ3v) is 4.91. The van der Waals surface area contributed by atoms with Gasteiger partial charge in [-0.1, -0.05) is 41.4 Å². The Kier molecular flexibility index (Phi) is 5.75. The molecule has 1 aliphatic rings. The number of hydrogen-bond acceptors (Lipinski definition) is 4. The van der Waals surface area contributed by atoms with Crippen molar-refractivity contribution in [2.24, 2.45) is 0 Å². The number of piperidine rings is 1. The summed E-state index contributed by atoms with van der Waals surface area (Å²) in [6, 6.07) is 11.4. The average molecular weight is 403 g/mol. The van der Waals surface area contributed by atoms with Crippen molar-refractivity contribution >= 4 is 46.8 Å². The van der Waals surface area contributed by atoms with Crippen LogP contribution in [0.3, 0.4) is 0 Å². The van der Waals surface area contributed by atoms with Crippen LogP contribution in [0.1, 0.15) is 11.1 Å². The molecule has 0 radical (unpaired) electrons. The molecule has 0 unspecified atom stereocenters. The Morgan fingerprint density at radius 2 is 1.63 bits per heavy atom. The minimum absolute atomic E-state index is 0.00691. The third kappa shape index (κ3) is 4.63. The van der Waals surface area contributed by atoms with E-state index < -0.39 is 4.92 Å². The number of Topliss-reactive ketones (excluding diaryl/α,β-unsaturated/α-hetero) is 1. The molecule has 2 aromatic rings. The van der Waals surface area contributed by atoms with Gasteiger partial charge < -0.3 is 0 Å². The highest BCUT2D eigenvalue weighted by Gasteiger charge is 2.24. The standard InChI is InChI=1S/C20H16Cl2N2O3/c1-23-11-15(7-13-3-2-4-17(9-13)24(26)27)20(25)16(12-23)8-14-5-6-18(21)19(22)10-14/h2-10H,11-12H2,1H3/b15-7+,16-8+. The van der Waals surface area contributed by atoms with Crippen LogP contribution >= 0.6 is 23.2 Å². The van der Waals surface area contributed by atoms with Crippen LogP contribution in [0.4, 0.5) is 5.69 Å². The van der Waals surface area contributed by atoms with Gasteiger partial charge in [-0.3, -0.25) is 19.8 Å². The second-order valence-corrected chi connectivity index (χ2v) is 7.18. The zero-order chi connectivity index (χ0) is 19.6. The van der Waals surface area contributed by atoms with E-state index in [1.807, 2.05) is 11.9 Å². The molecule has 0 bridgehead atoms. The van der Waals surface area contributed by atoms with E-state index in [1.165, 1.54) is 12.1 Å². The SMILES string of the molecule is CN1C/C(=C\c2cccc([N+](=O)[O-])c2)C(=O)/C(=C/c2ccc(Cl)c(Cl)c2)C1. The van der Waals surface area contributed by atoms with Gasteiger partial charge in [0.2, 0.25) is 0 Å². The normalized spacial score (nSPS) is 18.3. The number of likely N-dealkylation sites (tertiary alicyclic amines) is 1. The van der Waals surface area contributed by atoms with Crippen LogP contribution in [-0.2, 0) is 4.79 Å². The number of non-ortho nitro benzene ring substituents is 1. The summed E-state index contributed by atoms with van der Waals surface area (Å²) in [6.07, 6.45) is 3.50. The summed E-state index contributed by atoms with van der Waals surface area (Å²) in [5.74, 6) is -0.0781. The zero-order valence-electron chi connectivity index (χ0n) is 14.5. The molecular formula is C20H16Cl2N2O3. The second-order valence-electron chi connectivity index (χ2n) is 6.37. The van der Waals surface area contributed by atoms with E-state index in [4.69, 9.17) is 23.2 Å². The molecule has 1 fully saturated rings. The number of rotatable bonds is 3. The predicted molar refractivity (Wildman–Crippen MR) is 108 cm³/mol. The molecule has 0 aliphatic carbocycles. The van der Waals surface area contributed by atoms with Crippen LogP contribution in [-0.4, -0.2) is 35.7 Å². The number of ketones is 1. The minimum Gasteiger partial charge on any atom is -0.298 e. The molecule has 0 spiro atoms. The molecule has 0 N–H and O–H groups in total. The number of halogens is 2. The Morgan fingerprint density at radius 3 is 2.22 bits per heavy atom. The second kappa shape index (κ2) is 8.05. The van der Waals surface area contributed by atoms with Gasteiger partial charge in [-0.2, -0.15) is 0 Å². The minimum atomic E-state index is -0.452. The van der Waals surface area contributed by atoms with E-state index in [0.29, 0.717) is 39.8 Å². The number of nitro benzene ring substituents is 1. The lowest BCUT2D eigenvalue weighted by Crippen LogP contribution is -2.34. The lowest BCUT2D eigenvalue weighted by atomic mass is 9.94. The highest BCUT2D eigenvalue weighted by molar-refractivity contribution is 6.42. The van der Waals surface area contributed by atoms with Crippen molar-refractivity contribution < 1.29 is 9.72 Å². The first kappa shape index (κ1) is 19.3. The summed E-state index contributed by atoms with van der Waals surface area (Å²) < 4.78 is 0. The van der Waals surface area contributed by atoms with Crippen molar-refractivity contribution in [3.05, 3.63) is 84.9 Å². The van der Waals surface area contributed by atoms with Crippen molar-refractivity contribution in [2.45, 2.75) is 0 Å². The maximum absolute atomic E-state index is 12.9. The Bertz CT molecular complexity index is 983. The first-order valence-corrected chi connectivity index (χ1v) is 8.93. The van der Waals surface area contributed by atoms with E-state index in [9.17, 15) is 14.9 Å². The van der Waals surface area contributed by atoms with Gasteiger partial charge in [0.15, 0.2) is 5.78 Å². The van der Waals surface area contributed by atoms with E-state index in [0.717, 1.165) is 5.56 Å². The zero-order valence-corrected chi connectivity index (χ0v) is 16.0. The van der Waals surface area contributed by atoms with Gasteiger partial charge in [0.05, 0.1) is 15.0 Å².